The van der Waals surface area contributed by atoms with Crippen LogP contribution in [-0.4, -0.2) is 118 Å². The number of pyridine rings is 2. The summed E-state index contributed by atoms with van der Waals surface area (Å²) in [4.78, 5) is 66.4. The van der Waals surface area contributed by atoms with E-state index in [4.69, 9.17) is 4.74 Å². The maximum atomic E-state index is 13.7. The molecule has 1 aromatic carbocycles. The number of carbonyl (C=O) groups is 4. The molecule has 6 rings (SSSR count). The molecule has 1 saturated heterocycles. The van der Waals surface area contributed by atoms with Crippen molar-refractivity contribution in [2.24, 2.45) is 0 Å². The van der Waals surface area contributed by atoms with Crippen molar-refractivity contribution in [1.29, 1.82) is 0 Å². The number of benzene rings is 1. The molecule has 3 N–H and O–H groups in total. The second-order valence-electron chi connectivity index (χ2n) is 15.9. The van der Waals surface area contributed by atoms with Gasteiger partial charge in [-0.25, -0.2) is 14.6 Å². The van der Waals surface area contributed by atoms with Crippen LogP contribution in [0.1, 0.15) is 78.3 Å². The summed E-state index contributed by atoms with van der Waals surface area (Å²) >= 11 is 0. The van der Waals surface area contributed by atoms with E-state index in [1.807, 2.05) is 35.2 Å². The topological polar surface area (TPSA) is 157 Å². The first-order chi connectivity index (χ1) is 25.6. The number of aromatic nitrogens is 2. The molecule has 3 aromatic rings. The van der Waals surface area contributed by atoms with Gasteiger partial charge in [0.15, 0.2) is 0 Å². The van der Waals surface area contributed by atoms with Crippen LogP contribution in [-0.2, 0) is 32.6 Å². The number of nitrogens with zero attached hydrogens (tertiary/aromatic N) is 5. The Morgan fingerprint density at radius 2 is 1.80 bits per heavy atom. The maximum Gasteiger partial charge on any atom is 0.408 e. The first-order valence-corrected chi connectivity index (χ1v) is 18.5. The van der Waals surface area contributed by atoms with Gasteiger partial charge in [-0.3, -0.25) is 14.6 Å². The highest BCUT2D eigenvalue weighted by molar-refractivity contribution is 6.06. The molecule has 0 radical (unpaired) electrons. The lowest BCUT2D eigenvalue weighted by molar-refractivity contribution is -0.139. The van der Waals surface area contributed by atoms with E-state index in [-0.39, 0.29) is 29.3 Å². The summed E-state index contributed by atoms with van der Waals surface area (Å²) in [6.45, 7) is 11.0. The number of rotatable bonds is 12. The minimum atomic E-state index is -1.04. The molecule has 1 aliphatic carbocycles. The number of hydrogen-bond acceptors (Lipinski definition) is 9. The largest absolute Gasteiger partial charge is 0.478 e. The van der Waals surface area contributed by atoms with Gasteiger partial charge in [-0.05, 0) is 83.5 Å². The van der Waals surface area contributed by atoms with E-state index in [0.717, 1.165) is 41.0 Å². The highest BCUT2D eigenvalue weighted by Crippen LogP contribution is 2.46. The Labute approximate surface area is 316 Å². The van der Waals surface area contributed by atoms with Crippen LogP contribution in [0, 0.1) is 0 Å². The molecule has 3 aliphatic rings. The fourth-order valence-electron chi connectivity index (χ4n) is 7.74. The van der Waals surface area contributed by atoms with Gasteiger partial charge in [-0.15, -0.1) is 0 Å². The number of nitrogens with one attached hydrogen (secondary N) is 2. The molecule has 286 valence electrons. The van der Waals surface area contributed by atoms with Crippen molar-refractivity contribution in [2.45, 2.75) is 76.0 Å². The molecular weight excluding hydrogens is 686 g/mol. The maximum absolute atomic E-state index is 13.7. The summed E-state index contributed by atoms with van der Waals surface area (Å²) in [5, 5.41) is 15.2. The van der Waals surface area contributed by atoms with Gasteiger partial charge in [-0.1, -0.05) is 42.5 Å². The number of alkyl carbamates (subject to hydrolysis) is 1. The number of piperidine rings is 1. The zero-order chi connectivity index (χ0) is 38.8. The number of aromatic carboxylic acids is 1. The van der Waals surface area contributed by atoms with Gasteiger partial charge in [0, 0.05) is 74.8 Å². The van der Waals surface area contributed by atoms with Crippen molar-refractivity contribution in [3.8, 4) is 0 Å². The van der Waals surface area contributed by atoms with E-state index in [2.05, 4.69) is 69.6 Å². The molecule has 13 nitrogen and oxygen atoms in total. The molecule has 4 atom stereocenters. The number of fused-ring (bicyclic) bond motifs is 3. The molecule has 0 saturated carbocycles. The summed E-state index contributed by atoms with van der Waals surface area (Å²) in [5.41, 5.74) is 2.93. The predicted octanol–water partition coefficient (Wildman–Crippen LogP) is 4.34. The van der Waals surface area contributed by atoms with E-state index < -0.39 is 29.1 Å². The van der Waals surface area contributed by atoms with E-state index in [1.54, 1.807) is 33.0 Å². The minimum absolute atomic E-state index is 0.0410. The minimum Gasteiger partial charge on any atom is -0.478 e. The molecular formula is C41H51N7O6. The third-order valence-electron chi connectivity index (χ3n) is 10.7. The third-order valence-corrected chi connectivity index (χ3v) is 10.7. The Bertz CT molecular complexity index is 1930. The van der Waals surface area contributed by atoms with Crippen molar-refractivity contribution in [3.63, 3.8) is 0 Å². The van der Waals surface area contributed by atoms with Crippen molar-refractivity contribution in [2.75, 3.05) is 52.1 Å². The number of carboxylic acids is 1. The zero-order valence-electron chi connectivity index (χ0n) is 32.0. The lowest BCUT2D eigenvalue weighted by Crippen LogP contribution is -2.59. The van der Waals surface area contributed by atoms with Crippen molar-refractivity contribution >= 4 is 35.8 Å². The standard InChI is InChI=1S/C41H51N7O6/c1-26-31(28-12-8-7-9-13-28)21-33(44-39(53)54-40(2,3)4)36(49)48(26)18-17-47(6)16-15-46(5)14-10-11-27-19-32-35(43-24-27)45-38(52)41(32)22-29-20-30(37(50)51)25-42-34(29)23-41/h7-13,19-20,24-26,31,33H,14-18,21-23H2,1-6H3,(H,44,53)(H,50,51)(H,43,45,52)/b11-10+/t26?,31?,33?,41-/m0/s1. The fraction of sp³-hybridized carbons (Fsp3) is 0.463. The SMILES string of the molecule is CC1C(c2ccccc2)CC(NC(=O)OC(C)(C)C)C(=O)N1CCN(C)CCN(C)C/C=C/c1cnc2c(c1)[C@@]1(Cc3cc(C(=O)O)cnc3C1)C(=O)N2. The Morgan fingerprint density at radius 3 is 2.52 bits per heavy atom. The van der Waals surface area contributed by atoms with Crippen LogP contribution in [0.25, 0.3) is 6.08 Å². The molecule has 1 spiro atoms. The van der Waals surface area contributed by atoms with Crippen LogP contribution in [0.3, 0.4) is 0 Å². The summed E-state index contributed by atoms with van der Waals surface area (Å²) < 4.78 is 5.49. The van der Waals surface area contributed by atoms with Gasteiger partial charge in [0.25, 0.3) is 0 Å². The smallest absolute Gasteiger partial charge is 0.408 e. The Balaban J connectivity index is 1.02. The molecule has 2 aliphatic heterocycles. The first kappa shape index (κ1) is 38.6. The summed E-state index contributed by atoms with van der Waals surface area (Å²) in [6.07, 6.45) is 7.85. The van der Waals surface area contributed by atoms with E-state index in [9.17, 15) is 24.3 Å². The highest BCUT2D eigenvalue weighted by atomic mass is 16.6. The lowest BCUT2D eigenvalue weighted by Gasteiger charge is -2.43. The number of ether oxygens (including phenoxy) is 1. The number of carbonyl (C=O) groups excluding carboxylic acids is 3. The molecule has 0 bridgehead atoms. The van der Waals surface area contributed by atoms with Gasteiger partial charge >= 0.3 is 12.1 Å². The third kappa shape index (κ3) is 8.47. The van der Waals surface area contributed by atoms with Crippen LogP contribution in [0.4, 0.5) is 10.6 Å². The molecule has 3 amide bonds. The molecule has 13 heteroatoms. The molecule has 4 heterocycles. The molecule has 54 heavy (non-hydrogen) atoms. The lowest BCUT2D eigenvalue weighted by atomic mass is 9.79. The quantitative estimate of drug-likeness (QED) is 0.244. The van der Waals surface area contributed by atoms with E-state index in [1.165, 1.54) is 6.20 Å². The number of hydrogen-bond donors (Lipinski definition) is 3. The second-order valence-corrected chi connectivity index (χ2v) is 15.9. The van der Waals surface area contributed by atoms with Crippen molar-refractivity contribution in [1.82, 2.24) is 30.0 Å². The number of amides is 3. The van der Waals surface area contributed by atoms with Crippen LogP contribution < -0.4 is 10.6 Å². The number of carboxylic acid groups (broad SMARTS) is 1. The molecule has 3 unspecified atom stereocenters. The number of anilines is 1. The van der Waals surface area contributed by atoms with Gasteiger partial charge in [0.2, 0.25) is 11.8 Å². The van der Waals surface area contributed by atoms with Gasteiger partial charge in [-0.2, -0.15) is 0 Å². The number of likely N-dealkylation sites (N-methyl/N-ethyl adjacent to an activating group) is 2. The Kier molecular flexibility index (Phi) is 11.2. The van der Waals surface area contributed by atoms with Gasteiger partial charge < -0.3 is 35.2 Å². The highest BCUT2D eigenvalue weighted by Gasteiger charge is 2.52. The average Bonchev–Trinajstić information content (AvgIpc) is 3.64. The molecule has 2 aromatic heterocycles. The summed E-state index contributed by atoms with van der Waals surface area (Å²) in [7, 11) is 4.10. The van der Waals surface area contributed by atoms with E-state index >= 15 is 0 Å². The van der Waals surface area contributed by atoms with Gasteiger partial charge in [0.05, 0.1) is 11.0 Å². The van der Waals surface area contributed by atoms with Crippen LogP contribution >= 0.6 is 0 Å². The molecule has 1 fully saturated rings. The predicted molar refractivity (Wildman–Crippen MR) is 205 cm³/mol. The zero-order valence-corrected chi connectivity index (χ0v) is 32.0. The summed E-state index contributed by atoms with van der Waals surface area (Å²) in [5.74, 6) is -0.677. The summed E-state index contributed by atoms with van der Waals surface area (Å²) in [6, 6.07) is 13.0. The Hall–Kier alpha value is -5.14. The monoisotopic (exact) mass is 737 g/mol. The van der Waals surface area contributed by atoms with E-state index in [0.29, 0.717) is 44.7 Å². The van der Waals surface area contributed by atoms with Gasteiger partial charge in [0.1, 0.15) is 17.5 Å². The van der Waals surface area contributed by atoms with Crippen molar-refractivity contribution < 1.29 is 29.0 Å². The second kappa shape index (κ2) is 15.7. The number of likely N-dealkylation sites (tertiary alicyclic amines) is 1. The fourth-order valence-corrected chi connectivity index (χ4v) is 7.74. The van der Waals surface area contributed by atoms with Crippen LogP contribution in [0.15, 0.2) is 60.9 Å². The average molecular weight is 738 g/mol. The van der Waals surface area contributed by atoms with Crippen LogP contribution in [0.5, 0.6) is 0 Å². The Morgan fingerprint density at radius 1 is 1.06 bits per heavy atom. The van der Waals surface area contributed by atoms with Crippen molar-refractivity contribution in [3.05, 3.63) is 94.4 Å². The van der Waals surface area contributed by atoms with Crippen LogP contribution in [0.2, 0.25) is 0 Å². The first-order valence-electron chi connectivity index (χ1n) is 18.5. The normalized spacial score (nSPS) is 22.2.